The molecule has 2 unspecified atom stereocenters. The summed E-state index contributed by atoms with van der Waals surface area (Å²) < 4.78 is 0. The zero-order valence-corrected chi connectivity index (χ0v) is 25.0. The van der Waals surface area contributed by atoms with Gasteiger partial charge >= 0.3 is 0 Å². The lowest BCUT2D eigenvalue weighted by Crippen LogP contribution is -2.49. The van der Waals surface area contributed by atoms with Crippen LogP contribution in [-0.2, 0) is 16.0 Å². The molecule has 1 aliphatic heterocycles. The predicted octanol–water partition coefficient (Wildman–Crippen LogP) is 6.49. The first kappa shape index (κ1) is 30.3. The van der Waals surface area contributed by atoms with Gasteiger partial charge in [-0.3, -0.25) is 9.59 Å². The van der Waals surface area contributed by atoms with E-state index in [-0.39, 0.29) is 29.8 Å². The second-order valence-electron chi connectivity index (χ2n) is 11.0. The van der Waals surface area contributed by atoms with Gasteiger partial charge in [-0.05, 0) is 59.7 Å². The van der Waals surface area contributed by atoms with Crippen molar-refractivity contribution < 1.29 is 9.59 Å². The Hall–Kier alpha value is -4.19. The Kier molecular flexibility index (Phi) is 10.8. The Balaban J connectivity index is 1.30. The van der Waals surface area contributed by atoms with Gasteiger partial charge in [0.25, 0.3) is 0 Å². The van der Waals surface area contributed by atoms with Crippen LogP contribution < -0.4 is 10.6 Å². The molecule has 220 valence electrons. The van der Waals surface area contributed by atoms with Crippen molar-refractivity contribution in [2.45, 2.75) is 37.3 Å². The monoisotopic (exact) mass is 591 g/mol. The van der Waals surface area contributed by atoms with Gasteiger partial charge in [0.1, 0.15) is 0 Å². The van der Waals surface area contributed by atoms with E-state index < -0.39 is 0 Å². The molecule has 2 atom stereocenters. The van der Waals surface area contributed by atoms with Gasteiger partial charge in [-0.15, -0.1) is 0 Å². The fourth-order valence-electron chi connectivity index (χ4n) is 5.61. The minimum absolute atomic E-state index is 0.0329. The molecule has 0 radical (unpaired) electrons. The Morgan fingerprint density at radius 3 is 2.12 bits per heavy atom. The van der Waals surface area contributed by atoms with Crippen LogP contribution in [0.15, 0.2) is 121 Å². The summed E-state index contributed by atoms with van der Waals surface area (Å²) in [7, 11) is 0. The van der Waals surface area contributed by atoms with E-state index in [1.54, 1.807) is 18.2 Å². The number of hydrogen-bond donors (Lipinski definition) is 2. The van der Waals surface area contributed by atoms with Crippen LogP contribution in [0, 0.1) is 0 Å². The van der Waals surface area contributed by atoms with Crippen molar-refractivity contribution in [3.63, 3.8) is 0 Å². The van der Waals surface area contributed by atoms with Crippen molar-refractivity contribution >= 4 is 29.5 Å². The van der Waals surface area contributed by atoms with Crippen LogP contribution in [0.3, 0.4) is 0 Å². The van der Waals surface area contributed by atoms with Gasteiger partial charge in [0.05, 0.1) is 6.04 Å². The third kappa shape index (κ3) is 8.90. The second-order valence-corrected chi connectivity index (χ2v) is 11.5. The molecule has 0 saturated carbocycles. The minimum Gasteiger partial charge on any atom is -0.351 e. The molecule has 4 aromatic rings. The quantitative estimate of drug-likeness (QED) is 0.196. The molecule has 1 heterocycles. The van der Waals surface area contributed by atoms with Gasteiger partial charge in [0.15, 0.2) is 0 Å². The summed E-state index contributed by atoms with van der Waals surface area (Å²) >= 11 is 5.97. The first-order chi connectivity index (χ1) is 21.0. The summed E-state index contributed by atoms with van der Waals surface area (Å²) in [4.78, 5) is 28.8. The molecule has 0 aliphatic carbocycles. The van der Waals surface area contributed by atoms with Gasteiger partial charge in [0.2, 0.25) is 11.8 Å². The maximum atomic E-state index is 14.1. The normalized spacial score (nSPS) is 17.3. The highest BCUT2D eigenvalue weighted by Gasteiger charge is 2.32. The molecular formula is C37H38ClN3O2. The first-order valence-electron chi connectivity index (χ1n) is 15.0. The average molecular weight is 592 g/mol. The van der Waals surface area contributed by atoms with E-state index in [4.69, 9.17) is 11.6 Å². The van der Waals surface area contributed by atoms with Crippen LogP contribution in [0.1, 0.15) is 41.0 Å². The van der Waals surface area contributed by atoms with Gasteiger partial charge in [-0.1, -0.05) is 115 Å². The summed E-state index contributed by atoms with van der Waals surface area (Å²) in [5, 5.41) is 7.30. The van der Waals surface area contributed by atoms with E-state index in [1.165, 1.54) is 22.8 Å². The van der Waals surface area contributed by atoms with Crippen molar-refractivity contribution in [2.75, 3.05) is 19.6 Å². The van der Waals surface area contributed by atoms with Crippen molar-refractivity contribution in [2.24, 2.45) is 0 Å². The van der Waals surface area contributed by atoms with Crippen molar-refractivity contribution in [3.8, 4) is 0 Å². The number of aryl methyl sites for hydroxylation is 1. The molecule has 6 heteroatoms. The number of carbonyl (C=O) groups is 2. The smallest absolute Gasteiger partial charge is 0.244 e. The summed E-state index contributed by atoms with van der Waals surface area (Å²) in [5.41, 5.74) is 4.49. The number of rotatable bonds is 11. The third-order valence-corrected chi connectivity index (χ3v) is 8.24. The number of hydrogen-bond acceptors (Lipinski definition) is 3. The van der Waals surface area contributed by atoms with Crippen LogP contribution in [-0.4, -0.2) is 48.4 Å². The molecule has 43 heavy (non-hydrogen) atoms. The lowest BCUT2D eigenvalue weighted by molar-refractivity contribution is -0.133. The highest BCUT2D eigenvalue weighted by Crippen LogP contribution is 2.27. The minimum atomic E-state index is -0.346. The molecule has 4 aromatic carbocycles. The highest BCUT2D eigenvalue weighted by atomic mass is 35.5. The van der Waals surface area contributed by atoms with Crippen molar-refractivity contribution in [1.29, 1.82) is 0 Å². The number of benzene rings is 4. The van der Waals surface area contributed by atoms with Crippen LogP contribution >= 0.6 is 11.6 Å². The van der Waals surface area contributed by atoms with E-state index in [2.05, 4.69) is 71.3 Å². The first-order valence-corrected chi connectivity index (χ1v) is 15.3. The van der Waals surface area contributed by atoms with E-state index in [0.717, 1.165) is 18.4 Å². The number of carbonyl (C=O) groups excluding carboxylic acids is 2. The van der Waals surface area contributed by atoms with Gasteiger partial charge in [-0.2, -0.15) is 0 Å². The lowest BCUT2D eigenvalue weighted by atomic mass is 9.90. The van der Waals surface area contributed by atoms with Gasteiger partial charge in [-0.25, -0.2) is 0 Å². The molecule has 5 nitrogen and oxygen atoms in total. The van der Waals surface area contributed by atoms with Crippen molar-refractivity contribution in [1.82, 2.24) is 15.5 Å². The third-order valence-electron chi connectivity index (χ3n) is 7.99. The van der Waals surface area contributed by atoms with Crippen LogP contribution in [0.4, 0.5) is 0 Å². The van der Waals surface area contributed by atoms with E-state index in [1.807, 2.05) is 47.4 Å². The van der Waals surface area contributed by atoms with Gasteiger partial charge in [0, 0.05) is 42.7 Å². The molecular weight excluding hydrogens is 554 g/mol. The largest absolute Gasteiger partial charge is 0.351 e. The average Bonchev–Trinajstić information content (AvgIpc) is 3.20. The van der Waals surface area contributed by atoms with Crippen LogP contribution in [0.25, 0.3) is 6.08 Å². The summed E-state index contributed by atoms with van der Waals surface area (Å²) in [5.74, 6) is 0.0119. The summed E-state index contributed by atoms with van der Waals surface area (Å²) in [6.07, 6.45) is 5.52. The summed E-state index contributed by atoms with van der Waals surface area (Å²) in [6, 6.07) is 38.1. The Bertz CT molecular complexity index is 1440. The number of nitrogens with one attached hydrogen (secondary N) is 2. The zero-order valence-electron chi connectivity index (χ0n) is 24.2. The molecule has 1 saturated heterocycles. The van der Waals surface area contributed by atoms with E-state index in [0.29, 0.717) is 31.1 Å². The van der Waals surface area contributed by atoms with Crippen LogP contribution in [0.2, 0.25) is 5.02 Å². The van der Waals surface area contributed by atoms with Crippen molar-refractivity contribution in [3.05, 3.63) is 149 Å². The predicted molar refractivity (Wildman–Crippen MR) is 175 cm³/mol. The maximum absolute atomic E-state index is 14.1. The second kappa shape index (κ2) is 15.3. The Labute approximate surface area is 259 Å². The van der Waals surface area contributed by atoms with Gasteiger partial charge < -0.3 is 15.5 Å². The van der Waals surface area contributed by atoms with E-state index in [9.17, 15) is 9.59 Å². The topological polar surface area (TPSA) is 61.4 Å². The molecule has 0 spiro atoms. The fourth-order valence-corrected chi connectivity index (χ4v) is 5.73. The molecule has 0 bridgehead atoms. The molecule has 1 aliphatic rings. The maximum Gasteiger partial charge on any atom is 0.244 e. The lowest BCUT2D eigenvalue weighted by Gasteiger charge is -2.29. The molecule has 2 N–H and O–H groups in total. The Morgan fingerprint density at radius 1 is 0.884 bits per heavy atom. The SMILES string of the molecule is O=C(/C=C/c1ccc(Cl)cc1)NCC1CCN(CC(c2ccccc2)c2ccccc2)C(=O)C(CCc2ccccc2)N1. The Morgan fingerprint density at radius 2 is 1.49 bits per heavy atom. The number of nitrogens with zero attached hydrogens (tertiary/aromatic N) is 1. The molecule has 2 amide bonds. The standard InChI is InChI=1S/C37H38ClN3O2/c38-32-20-16-29(17-21-32)19-23-36(42)39-26-33-24-25-41(37(43)35(40-33)22-18-28-10-4-1-5-11-28)27-34(30-12-6-2-7-13-30)31-14-8-3-9-15-31/h1-17,19-21,23,33-35,40H,18,22,24-27H2,(H,39,42)/b23-19+. The molecule has 5 rings (SSSR count). The zero-order chi connectivity index (χ0) is 29.9. The fraction of sp³-hybridized carbons (Fsp3) is 0.243. The summed E-state index contributed by atoms with van der Waals surface area (Å²) in [6.45, 7) is 1.65. The highest BCUT2D eigenvalue weighted by molar-refractivity contribution is 6.30. The number of halogens is 1. The van der Waals surface area contributed by atoms with E-state index >= 15 is 0 Å². The molecule has 1 fully saturated rings. The van der Waals surface area contributed by atoms with Crippen LogP contribution in [0.5, 0.6) is 0 Å². The number of amides is 2. The molecule has 0 aromatic heterocycles.